The summed E-state index contributed by atoms with van der Waals surface area (Å²) in [4.78, 5) is 33.0. The van der Waals surface area contributed by atoms with Gasteiger partial charge in [-0.3, -0.25) is 9.59 Å². The van der Waals surface area contributed by atoms with E-state index in [0.29, 0.717) is 5.56 Å². The Labute approximate surface area is 99.3 Å². The van der Waals surface area contributed by atoms with E-state index in [-0.39, 0.29) is 37.2 Å². The van der Waals surface area contributed by atoms with E-state index in [0.717, 1.165) is 0 Å². The van der Waals surface area contributed by atoms with E-state index in [9.17, 15) is 19.5 Å². The minimum absolute atomic E-state index is 0.0651. The topological polar surface area (TPSA) is 74.3 Å². The molecule has 0 saturated heterocycles. The van der Waals surface area contributed by atoms with E-state index < -0.39 is 5.97 Å². The van der Waals surface area contributed by atoms with Crippen LogP contribution in [0.25, 0.3) is 0 Å². The second-order valence-electron chi connectivity index (χ2n) is 3.70. The molecule has 0 radical (unpaired) electrons. The van der Waals surface area contributed by atoms with Gasteiger partial charge in [0.25, 0.3) is 0 Å². The van der Waals surface area contributed by atoms with Crippen molar-refractivity contribution in [1.29, 1.82) is 0 Å². The molecule has 0 N–H and O–H groups in total. The molecule has 4 nitrogen and oxygen atoms in total. The third-order valence-electron chi connectivity index (χ3n) is 2.33. The first-order valence-electron chi connectivity index (χ1n) is 5.39. The number of rotatable bonds is 7. The Bertz CT molecular complexity index is 409. The highest BCUT2D eigenvalue weighted by Gasteiger charge is 2.08. The monoisotopic (exact) mass is 233 g/mol. The molecule has 0 heterocycles. The number of aliphatic carboxylic acids is 1. The fourth-order valence-corrected chi connectivity index (χ4v) is 1.39. The number of carbonyl (C=O) groups excluding carboxylic acids is 3. The van der Waals surface area contributed by atoms with Gasteiger partial charge >= 0.3 is 0 Å². The van der Waals surface area contributed by atoms with E-state index in [1.807, 2.05) is 6.07 Å². The van der Waals surface area contributed by atoms with E-state index in [2.05, 4.69) is 0 Å². The van der Waals surface area contributed by atoms with Gasteiger partial charge in [-0.15, -0.1) is 0 Å². The van der Waals surface area contributed by atoms with Gasteiger partial charge in [0.15, 0.2) is 5.78 Å². The van der Waals surface area contributed by atoms with Crippen molar-refractivity contribution in [2.45, 2.75) is 25.7 Å². The van der Waals surface area contributed by atoms with E-state index in [1.165, 1.54) is 0 Å². The Morgan fingerprint density at radius 1 is 0.882 bits per heavy atom. The third-order valence-corrected chi connectivity index (χ3v) is 2.33. The summed E-state index contributed by atoms with van der Waals surface area (Å²) in [6.07, 6.45) is -0.139. The number of Topliss-reactive ketones (excluding diaryl/α,β-unsaturated/α-hetero) is 2. The minimum Gasteiger partial charge on any atom is -0.550 e. The lowest BCUT2D eigenvalue weighted by Gasteiger charge is -2.02. The molecule has 1 aromatic rings. The van der Waals surface area contributed by atoms with Crippen LogP contribution in [-0.2, 0) is 9.59 Å². The molecule has 17 heavy (non-hydrogen) atoms. The lowest BCUT2D eigenvalue weighted by Crippen LogP contribution is -2.22. The lowest BCUT2D eigenvalue weighted by molar-refractivity contribution is -0.305. The Kier molecular flexibility index (Phi) is 5.07. The van der Waals surface area contributed by atoms with E-state index in [4.69, 9.17) is 0 Å². The van der Waals surface area contributed by atoms with Crippen molar-refractivity contribution in [3.8, 4) is 0 Å². The zero-order chi connectivity index (χ0) is 12.7. The van der Waals surface area contributed by atoms with Crippen molar-refractivity contribution in [2.24, 2.45) is 0 Å². The van der Waals surface area contributed by atoms with Crippen molar-refractivity contribution < 1.29 is 19.5 Å². The van der Waals surface area contributed by atoms with Crippen molar-refractivity contribution in [2.75, 3.05) is 0 Å². The maximum Gasteiger partial charge on any atom is 0.163 e. The average Bonchev–Trinajstić information content (AvgIpc) is 2.34. The summed E-state index contributed by atoms with van der Waals surface area (Å²) in [5.74, 6) is -1.57. The molecule has 0 atom stereocenters. The largest absolute Gasteiger partial charge is 0.550 e. The second-order valence-corrected chi connectivity index (χ2v) is 3.70. The first-order chi connectivity index (χ1) is 8.09. The standard InChI is InChI=1S/C13H14O4/c14-11(7-9-13(16)17)6-8-12(15)10-4-2-1-3-5-10/h1-5H,6-9H2,(H,16,17)/p-1. The van der Waals surface area contributed by atoms with Crippen molar-refractivity contribution >= 4 is 17.5 Å². The van der Waals surface area contributed by atoms with Crippen molar-refractivity contribution in [1.82, 2.24) is 0 Å². The molecular formula is C13H13O4-. The van der Waals surface area contributed by atoms with Gasteiger partial charge in [0, 0.05) is 30.8 Å². The highest BCUT2D eigenvalue weighted by Crippen LogP contribution is 2.06. The Morgan fingerprint density at radius 3 is 2.06 bits per heavy atom. The fourth-order valence-electron chi connectivity index (χ4n) is 1.39. The summed E-state index contributed by atoms with van der Waals surface area (Å²) in [5, 5.41) is 10.1. The number of carboxylic acid groups (broad SMARTS) is 1. The zero-order valence-corrected chi connectivity index (χ0v) is 9.35. The summed E-state index contributed by atoms with van der Waals surface area (Å²) in [5.41, 5.74) is 0.570. The molecule has 0 aliphatic carbocycles. The highest BCUT2D eigenvalue weighted by atomic mass is 16.4. The number of hydrogen-bond donors (Lipinski definition) is 0. The van der Waals surface area contributed by atoms with E-state index in [1.54, 1.807) is 24.3 Å². The van der Waals surface area contributed by atoms with Gasteiger partial charge in [-0.2, -0.15) is 0 Å². The van der Waals surface area contributed by atoms with Gasteiger partial charge < -0.3 is 9.90 Å². The summed E-state index contributed by atoms with van der Waals surface area (Å²) in [6, 6.07) is 8.69. The van der Waals surface area contributed by atoms with Gasteiger partial charge in [-0.1, -0.05) is 30.3 Å². The minimum atomic E-state index is -1.24. The number of benzene rings is 1. The summed E-state index contributed by atoms with van der Waals surface area (Å²) >= 11 is 0. The van der Waals surface area contributed by atoms with Crippen molar-refractivity contribution in [3.05, 3.63) is 35.9 Å². The predicted octanol–water partition coefficient (Wildman–Crippen LogP) is 0.749. The van der Waals surface area contributed by atoms with Crippen LogP contribution < -0.4 is 5.11 Å². The van der Waals surface area contributed by atoms with Gasteiger partial charge in [-0.25, -0.2) is 0 Å². The molecule has 0 amide bonds. The fraction of sp³-hybridized carbons (Fsp3) is 0.308. The Hall–Kier alpha value is -1.97. The summed E-state index contributed by atoms with van der Waals surface area (Å²) < 4.78 is 0. The first-order valence-corrected chi connectivity index (χ1v) is 5.39. The molecule has 0 aliphatic rings. The molecule has 0 spiro atoms. The van der Waals surface area contributed by atoms with Crippen LogP contribution in [0.3, 0.4) is 0 Å². The van der Waals surface area contributed by atoms with Crippen LogP contribution in [-0.4, -0.2) is 17.5 Å². The molecule has 0 aromatic heterocycles. The van der Waals surface area contributed by atoms with Crippen LogP contribution in [0.2, 0.25) is 0 Å². The molecule has 0 aliphatic heterocycles. The van der Waals surface area contributed by atoms with Gasteiger partial charge in [-0.05, 0) is 6.42 Å². The molecule has 0 saturated carbocycles. The van der Waals surface area contributed by atoms with Crippen molar-refractivity contribution in [3.63, 3.8) is 0 Å². The quantitative estimate of drug-likeness (QED) is 0.651. The van der Waals surface area contributed by atoms with Gasteiger partial charge in [0.1, 0.15) is 5.78 Å². The van der Waals surface area contributed by atoms with Crippen LogP contribution in [0.15, 0.2) is 30.3 Å². The molecule has 4 heteroatoms. The SMILES string of the molecule is O=C([O-])CCC(=O)CCC(=O)c1ccccc1. The Morgan fingerprint density at radius 2 is 1.47 bits per heavy atom. The van der Waals surface area contributed by atoms with E-state index >= 15 is 0 Å². The first kappa shape index (κ1) is 13.1. The number of ketones is 2. The molecule has 1 rings (SSSR count). The molecule has 0 unspecified atom stereocenters. The lowest BCUT2D eigenvalue weighted by atomic mass is 10.0. The highest BCUT2D eigenvalue weighted by molar-refractivity contribution is 5.98. The predicted molar refractivity (Wildman–Crippen MR) is 59.3 cm³/mol. The smallest absolute Gasteiger partial charge is 0.163 e. The molecule has 0 fully saturated rings. The molecule has 90 valence electrons. The average molecular weight is 233 g/mol. The number of carboxylic acids is 1. The third kappa shape index (κ3) is 5.06. The number of carbonyl (C=O) groups is 3. The van der Waals surface area contributed by atoms with Crippen LogP contribution in [0, 0.1) is 0 Å². The van der Waals surface area contributed by atoms with Crippen LogP contribution in [0.4, 0.5) is 0 Å². The van der Waals surface area contributed by atoms with Crippen LogP contribution in [0.5, 0.6) is 0 Å². The number of hydrogen-bond acceptors (Lipinski definition) is 4. The van der Waals surface area contributed by atoms with Crippen LogP contribution in [0.1, 0.15) is 36.0 Å². The molecule has 1 aromatic carbocycles. The molecule has 0 bridgehead atoms. The molecular weight excluding hydrogens is 220 g/mol. The van der Waals surface area contributed by atoms with Gasteiger partial charge in [0.2, 0.25) is 0 Å². The normalized spacial score (nSPS) is 9.88. The maximum atomic E-state index is 11.6. The van der Waals surface area contributed by atoms with Gasteiger partial charge in [0.05, 0.1) is 0 Å². The zero-order valence-electron chi connectivity index (χ0n) is 9.35. The summed E-state index contributed by atoms with van der Waals surface area (Å²) in [7, 11) is 0. The summed E-state index contributed by atoms with van der Waals surface area (Å²) in [6.45, 7) is 0. The van der Waals surface area contributed by atoms with Crippen LogP contribution >= 0.6 is 0 Å². The Balaban J connectivity index is 2.34. The second kappa shape index (κ2) is 6.58. The maximum absolute atomic E-state index is 11.6.